The SMILES string of the molecule is Cc1ccc(CNC(=O)c2nc(-c3nn(-c4ccccc4)c(=O)n(C)c3=O)no2)o1. The second kappa shape index (κ2) is 7.62. The second-order valence-corrected chi connectivity index (χ2v) is 6.36. The molecule has 0 aliphatic heterocycles. The molecule has 11 heteroatoms. The number of para-hydroxylation sites is 1. The Morgan fingerprint density at radius 3 is 2.60 bits per heavy atom. The van der Waals surface area contributed by atoms with Gasteiger partial charge in [-0.05, 0) is 31.2 Å². The number of benzene rings is 1. The average Bonchev–Trinajstić information content (AvgIpc) is 3.40. The van der Waals surface area contributed by atoms with Crippen molar-refractivity contribution in [3.05, 3.63) is 80.7 Å². The Bertz CT molecular complexity index is 1330. The van der Waals surface area contributed by atoms with Gasteiger partial charge >= 0.3 is 17.5 Å². The quantitative estimate of drug-likeness (QED) is 0.512. The van der Waals surface area contributed by atoms with Crippen LogP contribution in [0.15, 0.2) is 61.0 Å². The molecule has 0 saturated carbocycles. The molecule has 4 aromatic rings. The van der Waals surface area contributed by atoms with Gasteiger partial charge in [0, 0.05) is 7.05 Å². The van der Waals surface area contributed by atoms with Gasteiger partial charge in [-0.25, -0.2) is 4.79 Å². The summed E-state index contributed by atoms with van der Waals surface area (Å²) in [6.07, 6.45) is 0. The first-order valence-electron chi connectivity index (χ1n) is 8.87. The van der Waals surface area contributed by atoms with Crippen molar-refractivity contribution < 1.29 is 13.7 Å². The zero-order valence-electron chi connectivity index (χ0n) is 16.0. The first kappa shape index (κ1) is 19.1. The van der Waals surface area contributed by atoms with Crippen LogP contribution < -0.4 is 16.6 Å². The Kier molecular flexibility index (Phi) is 4.84. The lowest BCUT2D eigenvalue weighted by Crippen LogP contribution is -2.40. The van der Waals surface area contributed by atoms with Gasteiger partial charge in [-0.15, -0.1) is 0 Å². The Morgan fingerprint density at radius 2 is 1.90 bits per heavy atom. The molecule has 0 saturated heterocycles. The highest BCUT2D eigenvalue weighted by Crippen LogP contribution is 2.10. The number of aromatic nitrogens is 5. The zero-order chi connectivity index (χ0) is 21.3. The van der Waals surface area contributed by atoms with E-state index in [0.29, 0.717) is 11.4 Å². The third-order valence-electron chi connectivity index (χ3n) is 4.23. The number of aryl methyl sites for hydroxylation is 1. The number of nitrogens with zero attached hydrogens (tertiary/aromatic N) is 5. The van der Waals surface area contributed by atoms with E-state index in [1.807, 2.05) is 0 Å². The van der Waals surface area contributed by atoms with Crippen LogP contribution in [0.5, 0.6) is 0 Å². The summed E-state index contributed by atoms with van der Waals surface area (Å²) in [5, 5.41) is 10.3. The van der Waals surface area contributed by atoms with Crippen molar-refractivity contribution in [3.63, 3.8) is 0 Å². The average molecular weight is 408 g/mol. The van der Waals surface area contributed by atoms with Crippen LogP contribution >= 0.6 is 0 Å². The highest BCUT2D eigenvalue weighted by Gasteiger charge is 2.22. The minimum atomic E-state index is -0.717. The maximum atomic E-state index is 12.5. The molecular formula is C19H16N6O5. The lowest BCUT2D eigenvalue weighted by Gasteiger charge is -2.07. The van der Waals surface area contributed by atoms with Crippen molar-refractivity contribution in [1.82, 2.24) is 29.8 Å². The number of rotatable bonds is 5. The second-order valence-electron chi connectivity index (χ2n) is 6.36. The van der Waals surface area contributed by atoms with Gasteiger partial charge in [0.25, 0.3) is 5.56 Å². The molecule has 0 spiro atoms. The molecule has 3 heterocycles. The van der Waals surface area contributed by atoms with Gasteiger partial charge in [0.05, 0.1) is 12.2 Å². The highest BCUT2D eigenvalue weighted by atomic mass is 16.5. The van der Waals surface area contributed by atoms with Crippen molar-refractivity contribution in [3.8, 4) is 17.2 Å². The zero-order valence-corrected chi connectivity index (χ0v) is 16.0. The molecule has 0 atom stereocenters. The molecule has 30 heavy (non-hydrogen) atoms. The summed E-state index contributed by atoms with van der Waals surface area (Å²) in [5.41, 5.74) is -1.13. The Hall–Kier alpha value is -4.28. The van der Waals surface area contributed by atoms with Gasteiger partial charge < -0.3 is 14.3 Å². The van der Waals surface area contributed by atoms with Crippen LogP contribution in [0.25, 0.3) is 17.2 Å². The standard InChI is InChI=1S/C19H16N6O5/c1-11-8-9-13(29-11)10-20-16(26)17-21-15(23-30-17)14-18(27)24(2)19(28)25(22-14)12-6-4-3-5-7-12/h3-9H,10H2,1-2H3,(H,20,26). The molecule has 0 unspecified atom stereocenters. The molecule has 1 aromatic carbocycles. The van der Waals surface area contributed by atoms with E-state index in [4.69, 9.17) is 8.94 Å². The lowest BCUT2D eigenvalue weighted by atomic mass is 10.3. The highest BCUT2D eigenvalue weighted by molar-refractivity contribution is 5.89. The summed E-state index contributed by atoms with van der Waals surface area (Å²) in [7, 11) is 1.31. The van der Waals surface area contributed by atoms with Crippen molar-refractivity contribution in [1.29, 1.82) is 0 Å². The molecule has 4 rings (SSSR count). The van der Waals surface area contributed by atoms with Gasteiger partial charge in [-0.2, -0.15) is 14.8 Å². The van der Waals surface area contributed by atoms with E-state index >= 15 is 0 Å². The minimum absolute atomic E-state index is 0.128. The van der Waals surface area contributed by atoms with Crippen LogP contribution in [0.2, 0.25) is 0 Å². The number of furan rings is 1. The number of hydrogen-bond donors (Lipinski definition) is 1. The van der Waals surface area contributed by atoms with Crippen molar-refractivity contribution in [2.24, 2.45) is 7.05 Å². The smallest absolute Gasteiger partial charge is 0.351 e. The van der Waals surface area contributed by atoms with E-state index in [0.717, 1.165) is 15.0 Å². The van der Waals surface area contributed by atoms with E-state index in [2.05, 4.69) is 20.6 Å². The van der Waals surface area contributed by atoms with Crippen LogP contribution in [0.3, 0.4) is 0 Å². The monoisotopic (exact) mass is 408 g/mol. The van der Waals surface area contributed by atoms with Crippen molar-refractivity contribution >= 4 is 5.91 Å². The number of carbonyl (C=O) groups is 1. The van der Waals surface area contributed by atoms with Crippen molar-refractivity contribution in [2.75, 3.05) is 0 Å². The predicted octanol–water partition coefficient (Wildman–Crippen LogP) is 0.813. The van der Waals surface area contributed by atoms with Crippen LogP contribution in [0, 0.1) is 6.92 Å². The Morgan fingerprint density at radius 1 is 1.13 bits per heavy atom. The minimum Gasteiger partial charge on any atom is -0.465 e. The normalized spacial score (nSPS) is 10.9. The first-order valence-corrected chi connectivity index (χ1v) is 8.87. The van der Waals surface area contributed by atoms with Crippen molar-refractivity contribution in [2.45, 2.75) is 13.5 Å². The van der Waals surface area contributed by atoms with E-state index in [1.54, 1.807) is 49.4 Å². The first-order chi connectivity index (χ1) is 14.4. The maximum Gasteiger partial charge on any atom is 0.351 e. The van der Waals surface area contributed by atoms with E-state index in [-0.39, 0.29) is 24.0 Å². The van der Waals surface area contributed by atoms with E-state index in [1.165, 1.54) is 7.05 Å². The fourth-order valence-corrected chi connectivity index (χ4v) is 2.69. The largest absolute Gasteiger partial charge is 0.465 e. The summed E-state index contributed by atoms with van der Waals surface area (Å²) in [6, 6.07) is 12.1. The third kappa shape index (κ3) is 3.55. The third-order valence-corrected chi connectivity index (χ3v) is 4.23. The Balaban J connectivity index is 1.64. The van der Waals surface area contributed by atoms with Crippen LogP contribution in [-0.4, -0.2) is 30.4 Å². The van der Waals surface area contributed by atoms with Gasteiger partial charge in [0.1, 0.15) is 11.5 Å². The van der Waals surface area contributed by atoms with Gasteiger partial charge in [0.15, 0.2) is 5.69 Å². The molecule has 1 N–H and O–H groups in total. The Labute approximate surface area is 168 Å². The van der Waals surface area contributed by atoms with Crippen LogP contribution in [0.1, 0.15) is 22.2 Å². The summed E-state index contributed by atoms with van der Waals surface area (Å²) >= 11 is 0. The number of carbonyl (C=O) groups excluding carboxylic acids is 1. The topological polar surface area (TPSA) is 138 Å². The maximum absolute atomic E-state index is 12.5. The molecule has 0 aliphatic rings. The van der Waals surface area contributed by atoms with Gasteiger partial charge in [-0.3, -0.25) is 14.2 Å². The number of nitrogens with one attached hydrogen (secondary N) is 1. The molecule has 0 aliphatic carbocycles. The van der Waals surface area contributed by atoms with Gasteiger partial charge in [-0.1, -0.05) is 23.4 Å². The fraction of sp³-hybridized carbons (Fsp3) is 0.158. The number of amides is 1. The summed E-state index contributed by atoms with van der Waals surface area (Å²) in [5.74, 6) is 0.0747. The predicted molar refractivity (Wildman–Crippen MR) is 103 cm³/mol. The summed E-state index contributed by atoms with van der Waals surface area (Å²) in [6.45, 7) is 1.92. The summed E-state index contributed by atoms with van der Waals surface area (Å²) in [4.78, 5) is 41.2. The van der Waals surface area contributed by atoms with Crippen LogP contribution in [0.4, 0.5) is 0 Å². The molecule has 152 valence electrons. The van der Waals surface area contributed by atoms with E-state index in [9.17, 15) is 14.4 Å². The fourth-order valence-electron chi connectivity index (χ4n) is 2.69. The molecule has 0 bridgehead atoms. The van der Waals surface area contributed by atoms with Crippen LogP contribution in [-0.2, 0) is 13.6 Å². The molecule has 0 fully saturated rings. The lowest BCUT2D eigenvalue weighted by molar-refractivity contribution is 0.0904. The molecule has 11 nitrogen and oxygen atoms in total. The number of hydrogen-bond acceptors (Lipinski definition) is 8. The molecule has 0 radical (unpaired) electrons. The molecule has 3 aromatic heterocycles. The van der Waals surface area contributed by atoms with E-state index < -0.39 is 17.2 Å². The summed E-state index contributed by atoms with van der Waals surface area (Å²) < 4.78 is 12.3. The molecular weight excluding hydrogens is 392 g/mol. The molecule has 1 amide bonds. The van der Waals surface area contributed by atoms with Gasteiger partial charge in [0.2, 0.25) is 5.82 Å².